The average Bonchev–Trinajstić information content (AvgIpc) is 2.35. The van der Waals surface area contributed by atoms with Gasteiger partial charge in [0, 0.05) is 0 Å². The fraction of sp³-hybridized carbons (Fsp3) is 0.273. The third-order valence-corrected chi connectivity index (χ3v) is 2.43. The maximum absolute atomic E-state index is 8.92. The summed E-state index contributed by atoms with van der Waals surface area (Å²) in [4.78, 5) is 15.0. The molecule has 0 bridgehead atoms. The van der Waals surface area contributed by atoms with Crippen molar-refractivity contribution in [3.8, 4) is 11.5 Å². The Labute approximate surface area is 132 Å². The predicted octanol–water partition coefficient (Wildman–Crippen LogP) is 3.01. The highest BCUT2D eigenvalue weighted by Crippen LogP contribution is 2.20. The van der Waals surface area contributed by atoms with E-state index in [1.165, 1.54) is 19.5 Å². The van der Waals surface area contributed by atoms with Gasteiger partial charge in [-0.1, -0.05) is 11.6 Å². The molecule has 9 heteroatoms. The first-order chi connectivity index (χ1) is 8.93. The van der Waals surface area contributed by atoms with E-state index in [1.807, 2.05) is 0 Å². The molecule has 0 spiro atoms. The Hall–Kier alpha value is -1.37. The van der Waals surface area contributed by atoms with E-state index in [-0.39, 0.29) is 28.6 Å². The summed E-state index contributed by atoms with van der Waals surface area (Å²) in [5.74, 6) is 1.26. The van der Waals surface area contributed by atoms with Crippen LogP contribution in [0.3, 0.4) is 0 Å². The number of halogens is 3. The number of methoxy groups -OCH3 is 1. The van der Waals surface area contributed by atoms with Crippen LogP contribution >= 0.6 is 35.6 Å². The minimum absolute atomic E-state index is 0. The Bertz CT molecular complexity index is 569. The van der Waals surface area contributed by atoms with E-state index in [1.54, 1.807) is 13.8 Å². The lowest BCUT2D eigenvalue weighted by molar-refractivity contribution is 0.411. The van der Waals surface area contributed by atoms with Crippen molar-refractivity contribution in [1.82, 2.24) is 19.9 Å². The highest BCUT2D eigenvalue weighted by atomic mass is 35.5. The third kappa shape index (κ3) is 5.73. The molecule has 2 aromatic rings. The van der Waals surface area contributed by atoms with Gasteiger partial charge in [0.2, 0.25) is 5.28 Å². The van der Waals surface area contributed by atoms with E-state index in [0.29, 0.717) is 17.3 Å². The van der Waals surface area contributed by atoms with Gasteiger partial charge in [-0.3, -0.25) is 0 Å². The number of ether oxygens (including phenoxy) is 1. The molecule has 0 unspecified atom stereocenters. The number of hydrogen-bond acceptors (Lipinski definition) is 6. The SMILES string of the molecule is COc1cnc(Cl)nc1Cl.Cc1ncc(O)c(C)n1.Cl. The molecule has 20 heavy (non-hydrogen) atoms. The van der Waals surface area contributed by atoms with E-state index in [4.69, 9.17) is 33.0 Å². The molecule has 0 aliphatic rings. The van der Waals surface area contributed by atoms with Crippen LogP contribution in [0.5, 0.6) is 11.5 Å². The first-order valence-electron chi connectivity index (χ1n) is 5.15. The van der Waals surface area contributed by atoms with Crippen molar-refractivity contribution in [3.63, 3.8) is 0 Å². The lowest BCUT2D eigenvalue weighted by Gasteiger charge is -1.98. The van der Waals surface area contributed by atoms with Gasteiger partial charge in [0.15, 0.2) is 16.7 Å². The molecule has 2 rings (SSSR count). The van der Waals surface area contributed by atoms with Gasteiger partial charge in [0.25, 0.3) is 0 Å². The summed E-state index contributed by atoms with van der Waals surface area (Å²) in [7, 11) is 1.48. The minimum Gasteiger partial charge on any atom is -0.504 e. The normalized spacial score (nSPS) is 9.05. The van der Waals surface area contributed by atoms with Crippen molar-refractivity contribution in [3.05, 3.63) is 34.3 Å². The maximum Gasteiger partial charge on any atom is 0.224 e. The number of hydrogen-bond donors (Lipinski definition) is 1. The van der Waals surface area contributed by atoms with E-state index >= 15 is 0 Å². The summed E-state index contributed by atoms with van der Waals surface area (Å²) < 4.78 is 4.78. The Morgan fingerprint density at radius 3 is 2.20 bits per heavy atom. The minimum atomic E-state index is 0. The zero-order valence-electron chi connectivity index (χ0n) is 11.0. The molecule has 6 nitrogen and oxygen atoms in total. The van der Waals surface area contributed by atoms with E-state index in [9.17, 15) is 0 Å². The van der Waals surface area contributed by atoms with E-state index in [0.717, 1.165) is 0 Å². The number of aryl methyl sites for hydroxylation is 2. The lowest BCUT2D eigenvalue weighted by Crippen LogP contribution is -1.88. The van der Waals surface area contributed by atoms with Gasteiger partial charge >= 0.3 is 0 Å². The van der Waals surface area contributed by atoms with Crippen molar-refractivity contribution in [2.75, 3.05) is 7.11 Å². The van der Waals surface area contributed by atoms with Crippen molar-refractivity contribution >= 4 is 35.6 Å². The predicted molar refractivity (Wildman–Crippen MR) is 79.0 cm³/mol. The molecule has 0 aliphatic heterocycles. The molecule has 2 aromatic heterocycles. The van der Waals surface area contributed by atoms with Gasteiger partial charge in [-0.2, -0.15) is 0 Å². The van der Waals surface area contributed by atoms with E-state index in [2.05, 4.69) is 19.9 Å². The van der Waals surface area contributed by atoms with Crippen LogP contribution in [0.15, 0.2) is 12.4 Å². The van der Waals surface area contributed by atoms with E-state index < -0.39 is 0 Å². The molecule has 0 radical (unpaired) electrons. The zero-order valence-corrected chi connectivity index (χ0v) is 13.3. The molecule has 0 saturated heterocycles. The summed E-state index contributed by atoms with van der Waals surface area (Å²) in [6.45, 7) is 3.52. The zero-order chi connectivity index (χ0) is 14.4. The Kier molecular flexibility index (Phi) is 8.13. The first kappa shape index (κ1) is 18.6. The molecule has 0 aromatic carbocycles. The second-order valence-corrected chi connectivity index (χ2v) is 4.08. The van der Waals surface area contributed by atoms with Crippen LogP contribution in [-0.4, -0.2) is 32.2 Å². The second-order valence-electron chi connectivity index (χ2n) is 3.39. The van der Waals surface area contributed by atoms with Gasteiger partial charge in [-0.25, -0.2) is 19.9 Å². The number of rotatable bonds is 1. The van der Waals surface area contributed by atoms with Crippen molar-refractivity contribution < 1.29 is 9.84 Å². The molecular weight excluding hydrogens is 327 g/mol. The van der Waals surface area contributed by atoms with Crippen LogP contribution in [0.1, 0.15) is 11.5 Å². The van der Waals surface area contributed by atoms with Crippen LogP contribution < -0.4 is 4.74 Å². The molecular formula is C11H13Cl3N4O2. The highest BCUT2D eigenvalue weighted by molar-refractivity contribution is 6.32. The number of aromatic nitrogens is 4. The monoisotopic (exact) mass is 338 g/mol. The first-order valence-corrected chi connectivity index (χ1v) is 5.91. The standard InChI is InChI=1S/C6H8N2O.C5H4Cl2N2O.ClH/c1-4-6(9)3-7-5(2)8-4;1-10-3-2-8-5(7)9-4(3)6;/h3,9H,1-2H3;2H,1H3;1H. The van der Waals surface area contributed by atoms with Crippen LogP contribution in [0.2, 0.25) is 10.4 Å². The smallest absolute Gasteiger partial charge is 0.224 e. The maximum atomic E-state index is 8.92. The average molecular weight is 340 g/mol. The Morgan fingerprint density at radius 1 is 1.10 bits per heavy atom. The topological polar surface area (TPSA) is 81.0 Å². The molecule has 0 atom stereocenters. The van der Waals surface area contributed by atoms with Gasteiger partial charge in [-0.15, -0.1) is 12.4 Å². The summed E-state index contributed by atoms with van der Waals surface area (Å²) in [6, 6.07) is 0. The number of nitrogens with zero attached hydrogens (tertiary/aromatic N) is 4. The third-order valence-electron chi connectivity index (χ3n) is 1.98. The van der Waals surface area contributed by atoms with Crippen LogP contribution in [-0.2, 0) is 0 Å². The largest absolute Gasteiger partial charge is 0.504 e. The van der Waals surface area contributed by atoms with Gasteiger partial charge in [-0.05, 0) is 25.4 Å². The molecule has 0 saturated carbocycles. The summed E-state index contributed by atoms with van der Waals surface area (Å²) in [6.07, 6.45) is 2.81. The summed E-state index contributed by atoms with van der Waals surface area (Å²) in [5, 5.41) is 9.26. The molecule has 1 N–H and O–H groups in total. The quantitative estimate of drug-likeness (QED) is 0.635. The van der Waals surface area contributed by atoms with Gasteiger partial charge in [0.1, 0.15) is 5.82 Å². The molecule has 110 valence electrons. The highest BCUT2D eigenvalue weighted by Gasteiger charge is 2.01. The van der Waals surface area contributed by atoms with Gasteiger partial charge in [0.05, 0.1) is 25.2 Å². The van der Waals surface area contributed by atoms with Crippen molar-refractivity contribution in [2.45, 2.75) is 13.8 Å². The second kappa shape index (κ2) is 8.73. The molecule has 0 aliphatic carbocycles. The fourth-order valence-electron chi connectivity index (χ4n) is 1.04. The van der Waals surface area contributed by atoms with Crippen molar-refractivity contribution in [2.24, 2.45) is 0 Å². The number of aromatic hydroxyl groups is 1. The Balaban J connectivity index is 0.000000345. The van der Waals surface area contributed by atoms with Crippen LogP contribution in [0.4, 0.5) is 0 Å². The van der Waals surface area contributed by atoms with Crippen molar-refractivity contribution in [1.29, 1.82) is 0 Å². The fourth-order valence-corrected chi connectivity index (χ4v) is 1.43. The molecule has 0 amide bonds. The lowest BCUT2D eigenvalue weighted by atomic mass is 10.4. The molecule has 0 fully saturated rings. The molecule has 2 heterocycles. The summed E-state index contributed by atoms with van der Waals surface area (Å²) >= 11 is 11.0. The Morgan fingerprint density at radius 2 is 1.75 bits per heavy atom. The van der Waals surface area contributed by atoms with Crippen LogP contribution in [0.25, 0.3) is 0 Å². The van der Waals surface area contributed by atoms with Gasteiger partial charge < -0.3 is 9.84 Å². The van der Waals surface area contributed by atoms with Crippen LogP contribution in [0, 0.1) is 13.8 Å². The summed E-state index contributed by atoms with van der Waals surface area (Å²) in [5.41, 5.74) is 0.627.